The minimum atomic E-state index is -1.21. The topological polar surface area (TPSA) is 238 Å². The highest BCUT2D eigenvalue weighted by molar-refractivity contribution is 6.20. The largest absolute Gasteiger partial charge is 0.491 e. The number of aldehydes is 1. The van der Waals surface area contributed by atoms with Crippen molar-refractivity contribution in [2.75, 3.05) is 47.8 Å². The van der Waals surface area contributed by atoms with Crippen LogP contribution in [0.5, 0.6) is 17.2 Å². The van der Waals surface area contributed by atoms with Gasteiger partial charge in [0.25, 0.3) is 11.8 Å². The summed E-state index contributed by atoms with van der Waals surface area (Å²) in [6, 6.07) is 23.9. The average molecular weight is 1310 g/mol. The molecule has 4 aliphatic rings. The molecule has 3 amide bonds. The number of hydrogen-bond acceptors (Lipinski definition) is 17. The molecular formula is C70H79Cl2N3O17. The molecule has 0 saturated carbocycles. The van der Waals surface area contributed by atoms with Gasteiger partial charge in [0.15, 0.2) is 0 Å². The first-order chi connectivity index (χ1) is 44.3. The number of anilines is 2. The van der Waals surface area contributed by atoms with Gasteiger partial charge >= 0.3 is 23.9 Å². The van der Waals surface area contributed by atoms with Crippen molar-refractivity contribution in [1.29, 1.82) is 0 Å². The van der Waals surface area contributed by atoms with Gasteiger partial charge in [-0.2, -0.15) is 0 Å². The molecular weight excluding hydrogens is 1230 g/mol. The van der Waals surface area contributed by atoms with Gasteiger partial charge in [0, 0.05) is 130 Å². The van der Waals surface area contributed by atoms with Gasteiger partial charge in [-0.05, 0) is 71.4 Å². The van der Waals surface area contributed by atoms with Crippen molar-refractivity contribution in [3.05, 3.63) is 113 Å². The molecule has 4 heterocycles. The summed E-state index contributed by atoms with van der Waals surface area (Å²) in [5, 5.41) is 5.82. The van der Waals surface area contributed by atoms with Crippen LogP contribution in [-0.4, -0.2) is 135 Å². The Morgan fingerprint density at radius 3 is 1.49 bits per heavy atom. The molecule has 4 aliphatic heterocycles. The maximum atomic E-state index is 14.7. The first-order valence-corrected chi connectivity index (χ1v) is 32.4. The van der Waals surface area contributed by atoms with E-state index >= 15 is 0 Å². The van der Waals surface area contributed by atoms with E-state index in [9.17, 15) is 38.4 Å². The highest BCUT2D eigenvalue weighted by Crippen LogP contribution is 2.49. The predicted octanol–water partition coefficient (Wildman–Crippen LogP) is 11.0. The zero-order chi connectivity index (χ0) is 65.9. The number of amides is 3. The Bertz CT molecular complexity index is 3630. The maximum absolute atomic E-state index is 14.7. The van der Waals surface area contributed by atoms with Crippen LogP contribution in [0.25, 0.3) is 33.7 Å². The van der Waals surface area contributed by atoms with Crippen LogP contribution >= 0.6 is 23.2 Å². The zero-order valence-corrected chi connectivity index (χ0v) is 54.4. The number of esters is 4. The molecule has 2 fully saturated rings. The molecule has 0 unspecified atom stereocenters. The third-order valence-electron chi connectivity index (χ3n) is 17.2. The van der Waals surface area contributed by atoms with E-state index in [1.807, 2.05) is 76.2 Å². The summed E-state index contributed by atoms with van der Waals surface area (Å²) < 4.78 is 55.8. The minimum absolute atomic E-state index is 0.0368. The van der Waals surface area contributed by atoms with Crippen LogP contribution in [-0.2, 0) is 66.8 Å². The summed E-state index contributed by atoms with van der Waals surface area (Å²) in [7, 11) is 0. The number of alkyl halides is 2. The first kappa shape index (κ1) is 68.3. The quantitative estimate of drug-likeness (QED) is 0.0143. The lowest BCUT2D eigenvalue weighted by atomic mass is 9.89. The number of carbonyl (C=O) groups excluding carboxylic acids is 8. The van der Waals surface area contributed by atoms with E-state index in [0.29, 0.717) is 82.6 Å². The lowest BCUT2D eigenvalue weighted by Crippen LogP contribution is -2.58. The number of nitrogens with zero attached hydrogens (tertiary/aromatic N) is 2. The van der Waals surface area contributed by atoms with E-state index in [2.05, 4.69) is 5.32 Å². The predicted molar refractivity (Wildman–Crippen MR) is 347 cm³/mol. The van der Waals surface area contributed by atoms with E-state index in [-0.39, 0.29) is 79.9 Å². The van der Waals surface area contributed by atoms with Crippen molar-refractivity contribution >= 4 is 116 Å². The highest BCUT2D eigenvalue weighted by atomic mass is 35.5. The SMILES string of the molecule is CC[C@H]1O[C@@H](Oc2cc3c(c4ccccc24)[C@H](CCl)CN3C(=O)/C=C/c2ccc(/C=C/C(=O)N3C[C@@H](CCl)c4c3cc(O[C@@H]3O[C@H](CC)[C@H](C)[C@H](OC(C)=O)[C@H]3OC(C)=O)c3ccccc43)c(OCCNC(=O)CCCCC=O)c2)[C@H](OC(C)=O)[C@@H](OC(C)=O)[C@H]1C. The lowest BCUT2D eigenvalue weighted by molar-refractivity contribution is -0.266. The Balaban J connectivity index is 1.01. The summed E-state index contributed by atoms with van der Waals surface area (Å²) in [6.45, 7) is 13.3. The Kier molecular flexibility index (Phi) is 23.1. The normalized spacial score (nSPS) is 24.2. The highest BCUT2D eigenvalue weighted by Gasteiger charge is 2.51. The molecule has 490 valence electrons. The minimum Gasteiger partial charge on any atom is -0.491 e. The number of rotatable bonds is 25. The Morgan fingerprint density at radius 1 is 0.587 bits per heavy atom. The fraction of sp³-hybridized carbons (Fsp3) is 0.457. The van der Waals surface area contributed by atoms with Crippen LogP contribution in [0.1, 0.15) is 128 Å². The third-order valence-corrected chi connectivity index (χ3v) is 17.9. The Labute approximate surface area is 545 Å². The van der Waals surface area contributed by atoms with E-state index < -0.39 is 79.0 Å². The summed E-state index contributed by atoms with van der Waals surface area (Å²) in [5.74, 6) is -3.18. The van der Waals surface area contributed by atoms with Crippen LogP contribution < -0.4 is 29.3 Å². The molecule has 5 aromatic rings. The van der Waals surface area contributed by atoms with Gasteiger partial charge in [0.1, 0.15) is 42.3 Å². The first-order valence-electron chi connectivity index (χ1n) is 31.3. The van der Waals surface area contributed by atoms with Crippen LogP contribution in [0.2, 0.25) is 0 Å². The van der Waals surface area contributed by atoms with Crippen molar-refractivity contribution in [2.45, 2.75) is 155 Å². The van der Waals surface area contributed by atoms with Gasteiger partial charge in [-0.1, -0.05) is 88.4 Å². The maximum Gasteiger partial charge on any atom is 0.303 e. The zero-order valence-electron chi connectivity index (χ0n) is 52.9. The number of carbonyl (C=O) groups is 8. The van der Waals surface area contributed by atoms with Crippen molar-refractivity contribution in [2.24, 2.45) is 11.8 Å². The van der Waals surface area contributed by atoms with Crippen molar-refractivity contribution in [3.8, 4) is 17.2 Å². The second-order valence-corrected chi connectivity index (χ2v) is 24.2. The van der Waals surface area contributed by atoms with Gasteiger partial charge in [-0.15, -0.1) is 23.2 Å². The number of ether oxygens (including phenoxy) is 9. The summed E-state index contributed by atoms with van der Waals surface area (Å²) in [6.07, 6.45) is 2.51. The molecule has 0 spiro atoms. The number of nitrogens with one attached hydrogen (secondary N) is 1. The second-order valence-electron chi connectivity index (χ2n) is 23.5. The molecule has 1 N–H and O–H groups in total. The number of halogens is 2. The number of hydrogen-bond donors (Lipinski definition) is 1. The van der Waals surface area contributed by atoms with Crippen molar-refractivity contribution in [3.63, 3.8) is 0 Å². The lowest BCUT2D eigenvalue weighted by Gasteiger charge is -2.44. The number of benzene rings is 5. The van der Waals surface area contributed by atoms with E-state index in [4.69, 9.17) is 65.8 Å². The van der Waals surface area contributed by atoms with E-state index in [1.54, 1.807) is 52.3 Å². The molecule has 2 saturated heterocycles. The van der Waals surface area contributed by atoms with Crippen LogP contribution in [0.3, 0.4) is 0 Å². The molecule has 5 aromatic carbocycles. The summed E-state index contributed by atoms with van der Waals surface area (Å²) >= 11 is 13.4. The fourth-order valence-corrected chi connectivity index (χ4v) is 13.4. The molecule has 20 nitrogen and oxygen atoms in total. The molecule has 0 radical (unpaired) electrons. The Hall–Kier alpha value is -8.04. The van der Waals surface area contributed by atoms with Gasteiger partial charge < -0.3 is 62.5 Å². The average Bonchev–Trinajstić information content (AvgIpc) is 1.60. The molecule has 0 bridgehead atoms. The van der Waals surface area contributed by atoms with Gasteiger partial charge in [0.2, 0.25) is 30.7 Å². The molecule has 12 atom stereocenters. The smallest absolute Gasteiger partial charge is 0.303 e. The summed E-state index contributed by atoms with van der Waals surface area (Å²) in [5.41, 5.74) is 3.83. The van der Waals surface area contributed by atoms with Gasteiger partial charge in [-0.25, -0.2) is 0 Å². The van der Waals surface area contributed by atoms with Gasteiger partial charge in [-0.3, -0.25) is 33.6 Å². The van der Waals surface area contributed by atoms with Crippen LogP contribution in [0, 0.1) is 11.8 Å². The number of unbranched alkanes of at least 4 members (excludes halogenated alkanes) is 2. The molecule has 0 aromatic heterocycles. The van der Waals surface area contributed by atoms with E-state index in [0.717, 1.165) is 28.2 Å². The van der Waals surface area contributed by atoms with Crippen LogP contribution in [0.4, 0.5) is 11.4 Å². The molecule has 9 rings (SSSR count). The van der Waals surface area contributed by atoms with Crippen molar-refractivity contribution in [1.82, 2.24) is 5.32 Å². The standard InChI is InChI=1S/C70H79Cl2N3O17/c1-9-55-39(3)65(85-41(5)77)67(87-43(7)79)69(89-55)91-58-33-53-63(51-20-15-13-18-49(51)58)47(35-71)37-74(53)61(82)27-24-45-23-25-46(57(32-45)84-31-29-73-60(81)22-12-11-17-30-76)26-28-62(83)75-38-48(36-72)64-52-21-16-14-19-50(52)59(34-54(64)75)92-70-68(88-44(8)80)66(86-42(6)78)40(4)56(10-2)90-70/h13-16,18-21,23-28,30,32-34,39-40,47-48,55-56,65-70H,9-12,17,22,29,31,35-38H2,1-8H3,(H,73,81)/b27-24+,28-26+/t39-,40-,47+,48+,55+,56+,65-,66-,67+,68+,69-,70-/m0/s1. The monoisotopic (exact) mass is 1300 g/mol. The van der Waals surface area contributed by atoms with Crippen LogP contribution in [0.15, 0.2) is 91.0 Å². The molecule has 22 heteroatoms. The molecule has 92 heavy (non-hydrogen) atoms. The summed E-state index contributed by atoms with van der Waals surface area (Å²) in [4.78, 5) is 106. The third kappa shape index (κ3) is 15.5. The van der Waals surface area contributed by atoms with E-state index in [1.165, 1.54) is 39.8 Å². The fourth-order valence-electron chi connectivity index (χ4n) is 12.9. The molecule has 0 aliphatic carbocycles. The van der Waals surface area contributed by atoms with Crippen molar-refractivity contribution < 1.29 is 81.0 Å². The second kappa shape index (κ2) is 31.1. The Morgan fingerprint density at radius 2 is 1.04 bits per heavy atom. The van der Waals surface area contributed by atoms with Gasteiger partial charge in [0.05, 0.1) is 30.1 Å². The number of fused-ring (bicyclic) bond motifs is 6.